The smallest absolute Gasteiger partial charge is 0.328 e. The zero-order valence-corrected chi connectivity index (χ0v) is 11.9. The highest BCUT2D eigenvalue weighted by Gasteiger charge is 2.42. The average Bonchev–Trinajstić information content (AvgIpc) is 2.45. The Labute approximate surface area is 121 Å². The van der Waals surface area contributed by atoms with Gasteiger partial charge in [-0.3, -0.25) is 0 Å². The summed E-state index contributed by atoms with van der Waals surface area (Å²) < 4.78 is 12.2. The molecule has 0 aliphatic heterocycles. The largest absolute Gasteiger partial charge is 0.480 e. The molecule has 4 heteroatoms. The predicted octanol–water partition coefficient (Wildman–Crippen LogP) is 3.91. The zero-order valence-electron chi connectivity index (χ0n) is 11.0. The van der Waals surface area contributed by atoms with E-state index in [4.69, 9.17) is 0 Å². The second-order valence-corrected chi connectivity index (χ2v) is 5.77. The summed E-state index contributed by atoms with van der Waals surface area (Å²) in [6.07, 6.45) is 0. The maximum atomic E-state index is 13.5. The Morgan fingerprint density at radius 3 is 2.35 bits per heavy atom. The third-order valence-electron chi connectivity index (χ3n) is 3.07. The molecule has 2 nitrogen and oxygen atoms in total. The van der Waals surface area contributed by atoms with Crippen LogP contribution in [0.15, 0.2) is 54.6 Å². The Kier molecular flexibility index (Phi) is 4.45. The molecule has 104 valence electrons. The van der Waals surface area contributed by atoms with E-state index in [0.29, 0.717) is 16.9 Å². The van der Waals surface area contributed by atoms with E-state index in [2.05, 4.69) is 0 Å². The lowest BCUT2D eigenvalue weighted by Gasteiger charge is -2.29. The molecule has 0 bridgehead atoms. The molecular formula is C16H15FO2S. The molecule has 0 aliphatic carbocycles. The number of carbonyl (C=O) groups is 1. The highest BCUT2D eigenvalue weighted by atomic mass is 32.2. The van der Waals surface area contributed by atoms with Crippen LogP contribution < -0.4 is 0 Å². The quantitative estimate of drug-likeness (QED) is 0.907. The molecule has 1 unspecified atom stereocenters. The number of carboxylic acids is 1. The highest BCUT2D eigenvalue weighted by molar-refractivity contribution is 8.01. The van der Waals surface area contributed by atoms with Gasteiger partial charge in [-0.1, -0.05) is 49.4 Å². The molecule has 2 aromatic rings. The SMILES string of the molecule is CCSC(C(=O)O)(c1ccccc1)c1cccc(F)c1. The van der Waals surface area contributed by atoms with Gasteiger partial charge in [0.15, 0.2) is 4.75 Å². The molecule has 0 aliphatic rings. The van der Waals surface area contributed by atoms with Crippen molar-refractivity contribution in [1.82, 2.24) is 0 Å². The lowest BCUT2D eigenvalue weighted by atomic mass is 9.90. The molecule has 0 aromatic heterocycles. The van der Waals surface area contributed by atoms with Crippen LogP contribution in [0.5, 0.6) is 0 Å². The van der Waals surface area contributed by atoms with Gasteiger partial charge in [-0.2, -0.15) is 0 Å². The molecule has 0 radical (unpaired) electrons. The van der Waals surface area contributed by atoms with E-state index in [0.717, 1.165) is 0 Å². The van der Waals surface area contributed by atoms with Crippen molar-refractivity contribution >= 4 is 17.7 Å². The van der Waals surface area contributed by atoms with E-state index in [-0.39, 0.29) is 0 Å². The molecule has 20 heavy (non-hydrogen) atoms. The zero-order chi connectivity index (χ0) is 14.6. The Morgan fingerprint density at radius 1 is 1.15 bits per heavy atom. The molecule has 2 rings (SSSR count). The summed E-state index contributed by atoms with van der Waals surface area (Å²) >= 11 is 1.28. The van der Waals surface area contributed by atoms with Crippen LogP contribution in [0.3, 0.4) is 0 Å². The first-order chi connectivity index (χ1) is 9.61. The van der Waals surface area contributed by atoms with Crippen molar-refractivity contribution in [2.45, 2.75) is 11.7 Å². The van der Waals surface area contributed by atoms with E-state index in [1.54, 1.807) is 36.4 Å². The minimum absolute atomic E-state index is 0.430. The molecule has 1 atom stereocenters. The van der Waals surface area contributed by atoms with E-state index in [1.165, 1.54) is 23.9 Å². The molecule has 2 aromatic carbocycles. The summed E-state index contributed by atoms with van der Waals surface area (Å²) in [6, 6.07) is 14.8. The van der Waals surface area contributed by atoms with Gasteiger partial charge in [0.25, 0.3) is 0 Å². The summed E-state index contributed by atoms with van der Waals surface area (Å²) in [5, 5.41) is 9.81. The number of hydrogen-bond acceptors (Lipinski definition) is 2. The van der Waals surface area contributed by atoms with Gasteiger partial charge in [0, 0.05) is 0 Å². The number of carboxylic acid groups (broad SMARTS) is 1. The molecule has 0 saturated carbocycles. The second kappa shape index (κ2) is 6.09. The fraction of sp³-hybridized carbons (Fsp3) is 0.188. The number of hydrogen-bond donors (Lipinski definition) is 1. The van der Waals surface area contributed by atoms with Crippen LogP contribution in [0.1, 0.15) is 18.1 Å². The highest BCUT2D eigenvalue weighted by Crippen LogP contribution is 2.43. The Bertz CT molecular complexity index is 600. The number of halogens is 1. The van der Waals surface area contributed by atoms with Gasteiger partial charge in [0.05, 0.1) is 0 Å². The maximum Gasteiger partial charge on any atom is 0.328 e. The van der Waals surface area contributed by atoms with Crippen LogP contribution in [-0.2, 0) is 9.54 Å². The topological polar surface area (TPSA) is 37.3 Å². The van der Waals surface area contributed by atoms with E-state index in [1.807, 2.05) is 13.0 Å². The summed E-state index contributed by atoms with van der Waals surface area (Å²) in [6.45, 7) is 1.89. The van der Waals surface area contributed by atoms with E-state index < -0.39 is 16.5 Å². The van der Waals surface area contributed by atoms with Crippen molar-refractivity contribution in [1.29, 1.82) is 0 Å². The van der Waals surface area contributed by atoms with Gasteiger partial charge in [0.2, 0.25) is 0 Å². The number of rotatable bonds is 5. The van der Waals surface area contributed by atoms with Crippen molar-refractivity contribution in [2.24, 2.45) is 0 Å². The van der Waals surface area contributed by atoms with E-state index in [9.17, 15) is 14.3 Å². The molecule has 0 fully saturated rings. The fourth-order valence-corrected chi connectivity index (χ4v) is 3.39. The summed E-state index contributed by atoms with van der Waals surface area (Å²) in [4.78, 5) is 12.0. The summed E-state index contributed by atoms with van der Waals surface area (Å²) in [5.41, 5.74) is 1.09. The normalized spacial score (nSPS) is 13.7. The summed E-state index contributed by atoms with van der Waals surface area (Å²) in [5.74, 6) is -0.806. The van der Waals surface area contributed by atoms with Gasteiger partial charge in [-0.15, -0.1) is 11.8 Å². The first kappa shape index (κ1) is 14.6. The third kappa shape index (κ3) is 2.56. The van der Waals surface area contributed by atoms with Crippen molar-refractivity contribution in [3.8, 4) is 0 Å². The van der Waals surface area contributed by atoms with Crippen LogP contribution in [0.4, 0.5) is 4.39 Å². The van der Waals surface area contributed by atoms with E-state index >= 15 is 0 Å². The minimum atomic E-state index is -1.28. The maximum absolute atomic E-state index is 13.5. The fourth-order valence-electron chi connectivity index (χ4n) is 2.24. The van der Waals surface area contributed by atoms with Crippen molar-refractivity contribution in [2.75, 3.05) is 5.75 Å². The molecule has 0 saturated heterocycles. The molecule has 1 N–H and O–H groups in total. The first-order valence-corrected chi connectivity index (χ1v) is 7.28. The van der Waals surface area contributed by atoms with Crippen LogP contribution in [0, 0.1) is 5.82 Å². The Morgan fingerprint density at radius 2 is 1.80 bits per heavy atom. The van der Waals surface area contributed by atoms with Gasteiger partial charge >= 0.3 is 5.97 Å². The van der Waals surface area contributed by atoms with Crippen LogP contribution in [-0.4, -0.2) is 16.8 Å². The lowest BCUT2D eigenvalue weighted by molar-refractivity contribution is -0.138. The minimum Gasteiger partial charge on any atom is -0.480 e. The van der Waals surface area contributed by atoms with Gasteiger partial charge < -0.3 is 5.11 Å². The van der Waals surface area contributed by atoms with Crippen LogP contribution >= 0.6 is 11.8 Å². The van der Waals surface area contributed by atoms with Gasteiger partial charge in [-0.25, -0.2) is 9.18 Å². The van der Waals surface area contributed by atoms with Crippen molar-refractivity contribution in [3.05, 3.63) is 71.5 Å². The van der Waals surface area contributed by atoms with Crippen LogP contribution in [0.2, 0.25) is 0 Å². The average molecular weight is 290 g/mol. The lowest BCUT2D eigenvalue weighted by Crippen LogP contribution is -2.34. The molecule has 0 heterocycles. The molecule has 0 spiro atoms. The second-order valence-electron chi connectivity index (χ2n) is 4.30. The number of thioether (sulfide) groups is 1. The Hall–Kier alpha value is -1.81. The number of aliphatic carboxylic acids is 1. The van der Waals surface area contributed by atoms with Gasteiger partial charge in [-0.05, 0) is 29.0 Å². The van der Waals surface area contributed by atoms with Gasteiger partial charge in [0.1, 0.15) is 5.82 Å². The van der Waals surface area contributed by atoms with Crippen molar-refractivity contribution < 1.29 is 14.3 Å². The first-order valence-electron chi connectivity index (χ1n) is 6.30. The summed E-state index contributed by atoms with van der Waals surface area (Å²) in [7, 11) is 0. The molecular weight excluding hydrogens is 275 g/mol. The molecule has 0 amide bonds. The van der Waals surface area contributed by atoms with Crippen LogP contribution in [0.25, 0.3) is 0 Å². The number of benzene rings is 2. The monoisotopic (exact) mass is 290 g/mol. The van der Waals surface area contributed by atoms with Crippen molar-refractivity contribution in [3.63, 3.8) is 0 Å². The Balaban J connectivity index is 2.68. The predicted molar refractivity (Wildman–Crippen MR) is 79.4 cm³/mol. The standard InChI is InChI=1S/C16H15FO2S/c1-2-20-16(15(18)19,12-7-4-3-5-8-12)13-9-6-10-14(17)11-13/h3-11H,2H2,1H3,(H,18,19). The third-order valence-corrected chi connectivity index (χ3v) is 4.44.